The molecule has 1 atom stereocenters. The van der Waals surface area contributed by atoms with Crippen molar-refractivity contribution >= 4 is 11.8 Å². The Morgan fingerprint density at radius 1 is 1.63 bits per heavy atom. The number of nitrogens with zero attached hydrogens (tertiary/aromatic N) is 3. The maximum absolute atomic E-state index is 9.29. The molecule has 104 valence electrons. The van der Waals surface area contributed by atoms with E-state index < -0.39 is 0 Å². The Morgan fingerprint density at radius 2 is 2.37 bits per heavy atom. The monoisotopic (exact) mass is 278 g/mol. The van der Waals surface area contributed by atoms with Crippen LogP contribution in [-0.4, -0.2) is 27.1 Å². The molecule has 0 saturated heterocycles. The van der Waals surface area contributed by atoms with Gasteiger partial charge >= 0.3 is 0 Å². The Labute approximate surface area is 119 Å². The fraction of sp³-hybridized carbons (Fsp3) is 0.714. The Bertz CT molecular complexity index is 472. The van der Waals surface area contributed by atoms with Gasteiger partial charge in [-0.25, -0.2) is 0 Å². The Hall–Kier alpha value is -0.990. The lowest BCUT2D eigenvalue weighted by atomic mass is 9.98. The van der Waals surface area contributed by atoms with Crippen molar-refractivity contribution in [3.05, 3.63) is 11.8 Å². The number of hydrogen-bond donors (Lipinski definition) is 1. The van der Waals surface area contributed by atoms with E-state index in [1.165, 1.54) is 17.9 Å². The second kappa shape index (κ2) is 5.98. The molecule has 4 nitrogen and oxygen atoms in total. The third-order valence-corrected chi connectivity index (χ3v) is 4.55. The SMILES string of the molecule is Cc1cc(SCCCC(C)(C#N)NC2CC2)n(C)n1. The molecule has 1 N–H and O–H groups in total. The molecule has 0 spiro atoms. The largest absolute Gasteiger partial charge is 0.297 e. The highest BCUT2D eigenvalue weighted by Gasteiger charge is 2.31. The van der Waals surface area contributed by atoms with Crippen molar-refractivity contribution in [3.63, 3.8) is 0 Å². The van der Waals surface area contributed by atoms with Crippen LogP contribution >= 0.6 is 11.8 Å². The maximum atomic E-state index is 9.29. The predicted octanol–water partition coefficient (Wildman–Crippen LogP) is 2.64. The van der Waals surface area contributed by atoms with Crippen LogP contribution in [0.15, 0.2) is 11.1 Å². The van der Waals surface area contributed by atoms with Gasteiger partial charge in [0.1, 0.15) is 5.54 Å². The quantitative estimate of drug-likeness (QED) is 0.615. The molecule has 1 saturated carbocycles. The molecule has 0 amide bonds. The molecule has 1 aromatic heterocycles. The van der Waals surface area contributed by atoms with Gasteiger partial charge in [-0.2, -0.15) is 10.4 Å². The highest BCUT2D eigenvalue weighted by molar-refractivity contribution is 7.99. The van der Waals surface area contributed by atoms with Gasteiger partial charge < -0.3 is 0 Å². The summed E-state index contributed by atoms with van der Waals surface area (Å²) < 4.78 is 1.92. The van der Waals surface area contributed by atoms with Crippen molar-refractivity contribution in [1.82, 2.24) is 15.1 Å². The summed E-state index contributed by atoms with van der Waals surface area (Å²) in [5, 5.41) is 18.3. The van der Waals surface area contributed by atoms with Crippen LogP contribution in [0.4, 0.5) is 0 Å². The zero-order chi connectivity index (χ0) is 13.9. The number of hydrogen-bond acceptors (Lipinski definition) is 4. The van der Waals surface area contributed by atoms with Crippen LogP contribution in [0.1, 0.15) is 38.3 Å². The molecule has 5 heteroatoms. The molecule has 2 rings (SSSR count). The summed E-state index contributed by atoms with van der Waals surface area (Å²) in [6, 6.07) is 5.11. The Balaban J connectivity index is 1.73. The average Bonchev–Trinajstić information content (AvgIpc) is 3.10. The number of nitriles is 1. The van der Waals surface area contributed by atoms with Gasteiger partial charge in [0, 0.05) is 13.1 Å². The molecule has 1 heterocycles. The lowest BCUT2D eigenvalue weighted by Crippen LogP contribution is -2.42. The van der Waals surface area contributed by atoms with Crippen LogP contribution in [0.25, 0.3) is 0 Å². The molecular formula is C14H22N4S. The topological polar surface area (TPSA) is 53.6 Å². The van der Waals surface area contributed by atoms with E-state index in [4.69, 9.17) is 0 Å². The second-order valence-corrected chi connectivity index (χ2v) is 6.68. The summed E-state index contributed by atoms with van der Waals surface area (Å²) in [6.07, 6.45) is 4.39. The molecular weight excluding hydrogens is 256 g/mol. The van der Waals surface area contributed by atoms with Gasteiger partial charge in [0.05, 0.1) is 16.8 Å². The van der Waals surface area contributed by atoms with Crippen molar-refractivity contribution in [1.29, 1.82) is 5.26 Å². The summed E-state index contributed by atoms with van der Waals surface area (Å²) in [7, 11) is 1.98. The smallest absolute Gasteiger partial charge is 0.104 e. The molecule has 0 aliphatic heterocycles. The summed E-state index contributed by atoms with van der Waals surface area (Å²) in [6.45, 7) is 4.03. The van der Waals surface area contributed by atoms with E-state index in [1.54, 1.807) is 0 Å². The fourth-order valence-electron chi connectivity index (χ4n) is 2.16. The van der Waals surface area contributed by atoms with Gasteiger partial charge in [-0.3, -0.25) is 10.00 Å². The molecule has 19 heavy (non-hydrogen) atoms. The summed E-state index contributed by atoms with van der Waals surface area (Å²) >= 11 is 1.82. The van der Waals surface area contributed by atoms with Crippen molar-refractivity contribution in [2.75, 3.05) is 5.75 Å². The second-order valence-electron chi connectivity index (χ2n) is 5.56. The first-order chi connectivity index (χ1) is 9.02. The van der Waals surface area contributed by atoms with Gasteiger partial charge in [-0.05, 0) is 51.3 Å². The van der Waals surface area contributed by atoms with E-state index in [0.717, 1.165) is 24.3 Å². The van der Waals surface area contributed by atoms with E-state index in [-0.39, 0.29) is 5.54 Å². The molecule has 1 fully saturated rings. The van der Waals surface area contributed by atoms with Crippen molar-refractivity contribution in [2.24, 2.45) is 7.05 Å². The minimum absolute atomic E-state index is 0.357. The van der Waals surface area contributed by atoms with Gasteiger partial charge in [-0.1, -0.05) is 0 Å². The predicted molar refractivity (Wildman–Crippen MR) is 78.1 cm³/mol. The highest BCUT2D eigenvalue weighted by atomic mass is 32.2. The third kappa shape index (κ3) is 4.26. The van der Waals surface area contributed by atoms with Gasteiger partial charge in [-0.15, -0.1) is 11.8 Å². The fourth-order valence-corrected chi connectivity index (χ4v) is 3.14. The zero-order valence-corrected chi connectivity index (χ0v) is 12.8. The van der Waals surface area contributed by atoms with Crippen molar-refractivity contribution in [3.8, 4) is 6.07 Å². The standard InChI is InChI=1S/C14H22N4S/c1-11-9-13(18(3)17-11)19-8-4-7-14(2,10-15)16-12-5-6-12/h9,12,16H,4-8H2,1-3H3. The normalized spacial score (nSPS) is 18.0. The molecule has 1 aliphatic carbocycles. The summed E-state index contributed by atoms with van der Waals surface area (Å²) in [5.74, 6) is 1.03. The number of aryl methyl sites for hydroxylation is 2. The number of thioether (sulfide) groups is 1. The first-order valence-corrected chi connectivity index (χ1v) is 7.83. The highest BCUT2D eigenvalue weighted by Crippen LogP contribution is 2.26. The van der Waals surface area contributed by atoms with Gasteiger partial charge in [0.25, 0.3) is 0 Å². The van der Waals surface area contributed by atoms with Gasteiger partial charge in [0.2, 0.25) is 0 Å². The van der Waals surface area contributed by atoms with E-state index in [2.05, 4.69) is 22.6 Å². The van der Waals surface area contributed by atoms with E-state index in [1.807, 2.05) is 37.3 Å². The summed E-state index contributed by atoms with van der Waals surface area (Å²) in [4.78, 5) is 0. The molecule has 0 aromatic carbocycles. The molecule has 1 aliphatic rings. The summed E-state index contributed by atoms with van der Waals surface area (Å²) in [5.41, 5.74) is 0.701. The first-order valence-electron chi connectivity index (χ1n) is 6.85. The zero-order valence-electron chi connectivity index (χ0n) is 11.9. The number of aromatic nitrogens is 2. The van der Waals surface area contributed by atoms with Crippen LogP contribution in [0.2, 0.25) is 0 Å². The van der Waals surface area contributed by atoms with Crippen LogP contribution in [-0.2, 0) is 7.05 Å². The maximum Gasteiger partial charge on any atom is 0.104 e. The minimum atomic E-state index is -0.357. The van der Waals surface area contributed by atoms with E-state index in [0.29, 0.717) is 6.04 Å². The van der Waals surface area contributed by atoms with Gasteiger partial charge in [0.15, 0.2) is 0 Å². The van der Waals surface area contributed by atoms with E-state index >= 15 is 0 Å². The molecule has 0 radical (unpaired) electrons. The van der Waals surface area contributed by atoms with Crippen LogP contribution < -0.4 is 5.32 Å². The lowest BCUT2D eigenvalue weighted by Gasteiger charge is -2.23. The average molecular weight is 278 g/mol. The van der Waals surface area contributed by atoms with Crippen LogP contribution in [0, 0.1) is 18.3 Å². The minimum Gasteiger partial charge on any atom is -0.297 e. The molecule has 1 aromatic rings. The molecule has 0 bridgehead atoms. The van der Waals surface area contributed by atoms with Crippen molar-refractivity contribution in [2.45, 2.75) is 56.1 Å². The Morgan fingerprint density at radius 3 is 2.89 bits per heavy atom. The van der Waals surface area contributed by atoms with E-state index in [9.17, 15) is 5.26 Å². The van der Waals surface area contributed by atoms with Crippen molar-refractivity contribution < 1.29 is 0 Å². The third-order valence-electron chi connectivity index (χ3n) is 3.38. The van der Waals surface area contributed by atoms with Crippen LogP contribution in [0.5, 0.6) is 0 Å². The Kier molecular flexibility index (Phi) is 4.54. The number of nitrogens with one attached hydrogen (secondary N) is 1. The lowest BCUT2D eigenvalue weighted by molar-refractivity contribution is 0.411. The molecule has 1 unspecified atom stereocenters. The number of rotatable bonds is 7. The van der Waals surface area contributed by atoms with Crippen LogP contribution in [0.3, 0.4) is 0 Å². The first kappa shape index (κ1) is 14.4.